The third kappa shape index (κ3) is 3.41. The van der Waals surface area contributed by atoms with Gasteiger partial charge in [-0.15, -0.1) is 0 Å². The minimum Gasteiger partial charge on any atom is -0.465 e. The molecule has 4 heterocycles. The van der Waals surface area contributed by atoms with Gasteiger partial charge in [-0.25, -0.2) is 9.78 Å². The van der Waals surface area contributed by atoms with E-state index in [1.807, 2.05) is 12.1 Å². The Morgan fingerprint density at radius 2 is 2.03 bits per heavy atom. The molecule has 1 amide bonds. The molecular weight excluding hydrogens is 370 g/mol. The van der Waals surface area contributed by atoms with Crippen LogP contribution in [0, 0.1) is 0 Å². The number of carboxylic acid groups (broad SMARTS) is 1. The number of hydrogen-bond acceptors (Lipinski definition) is 6. The quantitative estimate of drug-likeness (QED) is 0.733. The summed E-state index contributed by atoms with van der Waals surface area (Å²) < 4.78 is 5.48. The molecule has 1 aromatic carbocycles. The highest BCUT2D eigenvalue weighted by atomic mass is 16.5. The number of benzene rings is 1. The van der Waals surface area contributed by atoms with Crippen molar-refractivity contribution in [2.45, 2.75) is 25.3 Å². The van der Waals surface area contributed by atoms with E-state index in [0.29, 0.717) is 31.2 Å². The largest absolute Gasteiger partial charge is 0.465 e. The first-order valence-corrected chi connectivity index (χ1v) is 9.77. The van der Waals surface area contributed by atoms with Crippen LogP contribution in [0.2, 0.25) is 0 Å². The average molecular weight is 391 g/mol. The van der Waals surface area contributed by atoms with Gasteiger partial charge in [-0.3, -0.25) is 0 Å². The first-order valence-electron chi connectivity index (χ1n) is 9.77. The number of hydrogen-bond donors (Lipinski definition) is 1. The number of anilines is 1. The van der Waals surface area contributed by atoms with Gasteiger partial charge in [0.1, 0.15) is 5.82 Å². The molecule has 0 aliphatic carbocycles. The van der Waals surface area contributed by atoms with Crippen LogP contribution in [0.3, 0.4) is 0 Å². The van der Waals surface area contributed by atoms with E-state index in [-0.39, 0.29) is 5.92 Å². The highest BCUT2D eigenvalue weighted by Gasteiger charge is 2.30. The van der Waals surface area contributed by atoms with Gasteiger partial charge in [0.25, 0.3) is 5.89 Å². The van der Waals surface area contributed by atoms with Gasteiger partial charge in [-0.05, 0) is 36.1 Å². The van der Waals surface area contributed by atoms with Crippen LogP contribution in [0.4, 0.5) is 10.6 Å². The fourth-order valence-corrected chi connectivity index (χ4v) is 4.08. The SMILES string of the molecule is O=C(O)N1CC[C@@H](c2noc(-c3ccnc(N4CCc5ccccc5C4)c3)n2)C1. The Hall–Kier alpha value is -3.42. The highest BCUT2D eigenvalue weighted by molar-refractivity contribution is 5.65. The fourth-order valence-electron chi connectivity index (χ4n) is 4.08. The zero-order chi connectivity index (χ0) is 19.8. The van der Waals surface area contributed by atoms with E-state index in [1.54, 1.807) is 6.20 Å². The van der Waals surface area contributed by atoms with Crippen LogP contribution in [0.15, 0.2) is 47.1 Å². The fraction of sp³-hybridized carbons (Fsp3) is 0.333. The minimum atomic E-state index is -0.905. The van der Waals surface area contributed by atoms with E-state index >= 15 is 0 Å². The summed E-state index contributed by atoms with van der Waals surface area (Å²) in [6, 6.07) is 12.3. The van der Waals surface area contributed by atoms with Crippen molar-refractivity contribution in [3.05, 3.63) is 59.5 Å². The molecule has 5 rings (SSSR count). The highest BCUT2D eigenvalue weighted by Crippen LogP contribution is 2.29. The second-order valence-corrected chi connectivity index (χ2v) is 7.51. The average Bonchev–Trinajstić information content (AvgIpc) is 3.43. The molecule has 1 N–H and O–H groups in total. The topological polar surface area (TPSA) is 95.6 Å². The summed E-state index contributed by atoms with van der Waals surface area (Å²) >= 11 is 0. The zero-order valence-corrected chi connectivity index (χ0v) is 15.9. The molecule has 8 nitrogen and oxygen atoms in total. The van der Waals surface area contributed by atoms with E-state index in [0.717, 1.165) is 30.9 Å². The lowest BCUT2D eigenvalue weighted by Crippen LogP contribution is -2.30. The first kappa shape index (κ1) is 17.7. The molecule has 29 heavy (non-hydrogen) atoms. The normalized spacial score (nSPS) is 18.7. The molecule has 1 atom stereocenters. The van der Waals surface area contributed by atoms with E-state index in [4.69, 9.17) is 9.63 Å². The summed E-state index contributed by atoms with van der Waals surface area (Å²) in [5.74, 6) is 1.86. The van der Waals surface area contributed by atoms with E-state index in [1.165, 1.54) is 16.0 Å². The van der Waals surface area contributed by atoms with Crippen LogP contribution in [-0.2, 0) is 13.0 Å². The molecule has 0 radical (unpaired) electrons. The van der Waals surface area contributed by atoms with E-state index < -0.39 is 6.09 Å². The molecule has 148 valence electrons. The second-order valence-electron chi connectivity index (χ2n) is 7.51. The Labute approximate surface area is 167 Å². The molecule has 8 heteroatoms. The maximum atomic E-state index is 11.1. The minimum absolute atomic E-state index is 0.0245. The molecule has 2 aliphatic rings. The van der Waals surface area contributed by atoms with Crippen molar-refractivity contribution < 1.29 is 14.4 Å². The van der Waals surface area contributed by atoms with Crippen molar-refractivity contribution in [2.24, 2.45) is 0 Å². The zero-order valence-electron chi connectivity index (χ0n) is 15.9. The number of rotatable bonds is 3. The number of likely N-dealkylation sites (tertiary alicyclic amines) is 1. The summed E-state index contributed by atoms with van der Waals surface area (Å²) in [5, 5.41) is 13.2. The smallest absolute Gasteiger partial charge is 0.407 e. The van der Waals surface area contributed by atoms with Crippen LogP contribution in [0.1, 0.15) is 29.3 Å². The summed E-state index contributed by atoms with van der Waals surface area (Å²) in [6.45, 7) is 2.65. The van der Waals surface area contributed by atoms with Gasteiger partial charge >= 0.3 is 6.09 Å². The summed E-state index contributed by atoms with van der Waals surface area (Å²) in [6.07, 6.45) is 2.56. The number of amides is 1. The molecule has 1 saturated heterocycles. The Morgan fingerprint density at radius 1 is 1.17 bits per heavy atom. The molecule has 3 aromatic rings. The van der Waals surface area contributed by atoms with Crippen LogP contribution >= 0.6 is 0 Å². The molecule has 0 saturated carbocycles. The monoisotopic (exact) mass is 391 g/mol. The Bertz CT molecular complexity index is 1050. The number of pyridine rings is 1. The molecular formula is C21H21N5O3. The third-order valence-electron chi connectivity index (χ3n) is 5.71. The molecule has 2 aromatic heterocycles. The second kappa shape index (κ2) is 7.20. The maximum Gasteiger partial charge on any atom is 0.407 e. The number of nitrogens with zero attached hydrogens (tertiary/aromatic N) is 5. The number of aromatic nitrogens is 3. The summed E-state index contributed by atoms with van der Waals surface area (Å²) in [5.41, 5.74) is 3.55. The van der Waals surface area contributed by atoms with Crippen molar-refractivity contribution in [1.82, 2.24) is 20.0 Å². The lowest BCUT2D eigenvalue weighted by Gasteiger charge is -2.29. The standard InChI is InChI=1S/C21H21N5O3/c27-21(28)26-10-7-17(13-26)19-23-20(29-24-19)15-5-8-22-18(11-15)25-9-6-14-3-1-2-4-16(14)12-25/h1-5,8,11,17H,6-7,9-10,12-13H2,(H,27,28)/t17-/m1/s1. The van der Waals surface area contributed by atoms with Crippen LogP contribution in [0.25, 0.3) is 11.5 Å². The van der Waals surface area contributed by atoms with Crippen molar-refractivity contribution in [1.29, 1.82) is 0 Å². The van der Waals surface area contributed by atoms with Crippen molar-refractivity contribution >= 4 is 11.9 Å². The predicted octanol–water partition coefficient (Wildman–Crippen LogP) is 3.16. The van der Waals surface area contributed by atoms with Crippen molar-refractivity contribution in [2.75, 3.05) is 24.5 Å². The lowest BCUT2D eigenvalue weighted by atomic mass is 10.00. The van der Waals surface area contributed by atoms with Gasteiger partial charge in [-0.1, -0.05) is 29.4 Å². The molecule has 2 aliphatic heterocycles. The Balaban J connectivity index is 1.35. The van der Waals surface area contributed by atoms with Crippen LogP contribution in [-0.4, -0.2) is 50.9 Å². The molecule has 0 bridgehead atoms. The first-order chi connectivity index (χ1) is 14.2. The lowest BCUT2D eigenvalue weighted by molar-refractivity contribution is 0.155. The van der Waals surface area contributed by atoms with Gasteiger partial charge in [-0.2, -0.15) is 4.98 Å². The number of fused-ring (bicyclic) bond motifs is 1. The van der Waals surface area contributed by atoms with Crippen LogP contribution < -0.4 is 4.90 Å². The van der Waals surface area contributed by atoms with E-state index in [2.05, 4.69) is 44.3 Å². The molecule has 0 spiro atoms. The molecule has 0 unspecified atom stereocenters. The summed E-state index contributed by atoms with van der Waals surface area (Å²) in [7, 11) is 0. The van der Waals surface area contributed by atoms with Gasteiger partial charge in [0.05, 0.1) is 0 Å². The van der Waals surface area contributed by atoms with E-state index in [9.17, 15) is 4.79 Å². The van der Waals surface area contributed by atoms with Crippen LogP contribution in [0.5, 0.6) is 0 Å². The molecule has 1 fully saturated rings. The Kier molecular flexibility index (Phi) is 4.38. The van der Waals surface area contributed by atoms with Gasteiger partial charge < -0.3 is 19.4 Å². The van der Waals surface area contributed by atoms with Crippen molar-refractivity contribution in [3.63, 3.8) is 0 Å². The number of carbonyl (C=O) groups is 1. The summed E-state index contributed by atoms with van der Waals surface area (Å²) in [4.78, 5) is 23.8. The Morgan fingerprint density at radius 3 is 2.86 bits per heavy atom. The van der Waals surface area contributed by atoms with Gasteiger partial charge in [0, 0.05) is 43.9 Å². The predicted molar refractivity (Wildman–Crippen MR) is 106 cm³/mol. The third-order valence-corrected chi connectivity index (χ3v) is 5.71. The van der Waals surface area contributed by atoms with Gasteiger partial charge in [0.2, 0.25) is 0 Å². The van der Waals surface area contributed by atoms with Gasteiger partial charge in [0.15, 0.2) is 5.82 Å². The van der Waals surface area contributed by atoms with Crippen molar-refractivity contribution in [3.8, 4) is 11.5 Å². The maximum absolute atomic E-state index is 11.1.